The Bertz CT molecular complexity index is 358. The molecule has 0 radical (unpaired) electrons. The fourth-order valence-electron chi connectivity index (χ4n) is 3.10. The standard InChI is InChI=1S/C17H33N3O2/c1-5-7-15-8-6-10-20(11-9-15)14(4)17(22)19-18-16(21)12-13(2)3/h13-15H,5-12H2,1-4H3,(H,18,21)(H,19,22). The van der Waals surface area contributed by atoms with E-state index in [2.05, 4.69) is 22.7 Å². The van der Waals surface area contributed by atoms with Crippen LogP contribution in [-0.2, 0) is 9.59 Å². The van der Waals surface area contributed by atoms with Crippen LogP contribution in [0.4, 0.5) is 0 Å². The van der Waals surface area contributed by atoms with Gasteiger partial charge in [-0.3, -0.25) is 25.3 Å². The topological polar surface area (TPSA) is 61.4 Å². The summed E-state index contributed by atoms with van der Waals surface area (Å²) in [6.07, 6.45) is 6.55. The number of carbonyl (C=O) groups excluding carboxylic acids is 2. The summed E-state index contributed by atoms with van der Waals surface area (Å²) in [4.78, 5) is 26.0. The smallest absolute Gasteiger partial charge is 0.255 e. The molecule has 2 atom stereocenters. The van der Waals surface area contributed by atoms with Gasteiger partial charge in [0.1, 0.15) is 0 Å². The Morgan fingerprint density at radius 2 is 1.86 bits per heavy atom. The molecule has 0 bridgehead atoms. The lowest BCUT2D eigenvalue weighted by molar-refractivity contribution is -0.132. The second-order valence-electron chi connectivity index (χ2n) is 6.93. The number of likely N-dealkylation sites (tertiary alicyclic amines) is 1. The Hall–Kier alpha value is -1.10. The zero-order valence-electron chi connectivity index (χ0n) is 14.7. The van der Waals surface area contributed by atoms with E-state index in [0.29, 0.717) is 6.42 Å². The van der Waals surface area contributed by atoms with E-state index in [1.165, 1.54) is 25.7 Å². The number of hydrogen-bond acceptors (Lipinski definition) is 3. The van der Waals surface area contributed by atoms with Crippen LogP contribution in [0.2, 0.25) is 0 Å². The molecule has 1 fully saturated rings. The van der Waals surface area contributed by atoms with Gasteiger partial charge in [-0.2, -0.15) is 0 Å². The molecule has 1 saturated heterocycles. The zero-order chi connectivity index (χ0) is 16.5. The molecule has 0 aromatic rings. The van der Waals surface area contributed by atoms with Crippen LogP contribution in [0.25, 0.3) is 0 Å². The maximum atomic E-state index is 12.2. The predicted octanol–water partition coefficient (Wildman–Crippen LogP) is 2.47. The first-order valence-electron chi connectivity index (χ1n) is 8.76. The average molecular weight is 311 g/mol. The normalized spacial score (nSPS) is 21.2. The Balaban J connectivity index is 2.37. The summed E-state index contributed by atoms with van der Waals surface area (Å²) in [5.41, 5.74) is 5.07. The minimum Gasteiger partial charge on any atom is -0.292 e. The number of carbonyl (C=O) groups is 2. The van der Waals surface area contributed by atoms with E-state index in [1.807, 2.05) is 20.8 Å². The van der Waals surface area contributed by atoms with E-state index in [0.717, 1.165) is 25.4 Å². The minimum atomic E-state index is -0.195. The van der Waals surface area contributed by atoms with Crippen LogP contribution in [0, 0.1) is 11.8 Å². The molecule has 1 aliphatic rings. The number of nitrogens with zero attached hydrogens (tertiary/aromatic N) is 1. The number of nitrogens with one attached hydrogen (secondary N) is 2. The molecule has 1 aliphatic heterocycles. The van der Waals surface area contributed by atoms with Crippen LogP contribution in [-0.4, -0.2) is 35.8 Å². The van der Waals surface area contributed by atoms with Gasteiger partial charge in [-0.15, -0.1) is 0 Å². The van der Waals surface area contributed by atoms with Gasteiger partial charge in [0.25, 0.3) is 5.91 Å². The Morgan fingerprint density at radius 1 is 1.14 bits per heavy atom. The maximum Gasteiger partial charge on any atom is 0.255 e. The van der Waals surface area contributed by atoms with Crippen LogP contribution in [0.5, 0.6) is 0 Å². The van der Waals surface area contributed by atoms with E-state index in [1.54, 1.807) is 0 Å². The molecule has 1 rings (SSSR count). The van der Waals surface area contributed by atoms with Crippen LogP contribution >= 0.6 is 0 Å². The predicted molar refractivity (Wildman–Crippen MR) is 89.0 cm³/mol. The van der Waals surface area contributed by atoms with Crippen molar-refractivity contribution >= 4 is 11.8 Å². The van der Waals surface area contributed by atoms with E-state index >= 15 is 0 Å². The van der Waals surface area contributed by atoms with Gasteiger partial charge >= 0.3 is 0 Å². The van der Waals surface area contributed by atoms with Crippen molar-refractivity contribution in [3.8, 4) is 0 Å². The van der Waals surface area contributed by atoms with Crippen molar-refractivity contribution in [1.82, 2.24) is 15.8 Å². The van der Waals surface area contributed by atoms with Crippen LogP contribution in [0.3, 0.4) is 0 Å². The summed E-state index contributed by atoms with van der Waals surface area (Å²) in [5, 5.41) is 0. The zero-order valence-corrected chi connectivity index (χ0v) is 14.7. The van der Waals surface area contributed by atoms with Gasteiger partial charge in [0.05, 0.1) is 6.04 Å². The second kappa shape index (κ2) is 9.82. The molecule has 0 saturated carbocycles. The number of hydrazine groups is 1. The Labute approximate surface area is 135 Å². The molecule has 0 aliphatic carbocycles. The van der Waals surface area contributed by atoms with Crippen molar-refractivity contribution < 1.29 is 9.59 Å². The quantitative estimate of drug-likeness (QED) is 0.741. The number of amides is 2. The van der Waals surface area contributed by atoms with Crippen molar-refractivity contribution in [2.75, 3.05) is 13.1 Å². The van der Waals surface area contributed by atoms with Gasteiger partial charge in [0.2, 0.25) is 5.91 Å². The molecular weight excluding hydrogens is 278 g/mol. The summed E-state index contributed by atoms with van der Waals surface area (Å²) < 4.78 is 0. The second-order valence-corrected chi connectivity index (χ2v) is 6.93. The molecule has 0 aromatic heterocycles. The van der Waals surface area contributed by atoms with Crippen LogP contribution in [0.1, 0.15) is 66.2 Å². The summed E-state index contributed by atoms with van der Waals surface area (Å²) in [6, 6.07) is -0.195. The fourth-order valence-corrected chi connectivity index (χ4v) is 3.10. The van der Waals surface area contributed by atoms with Crippen molar-refractivity contribution in [3.05, 3.63) is 0 Å². The van der Waals surface area contributed by atoms with E-state index in [4.69, 9.17) is 0 Å². The molecule has 128 valence electrons. The van der Waals surface area contributed by atoms with Gasteiger partial charge in [0.15, 0.2) is 0 Å². The van der Waals surface area contributed by atoms with Crippen molar-refractivity contribution in [3.63, 3.8) is 0 Å². The van der Waals surface area contributed by atoms with Gasteiger partial charge < -0.3 is 0 Å². The molecule has 1 heterocycles. The third-order valence-corrected chi connectivity index (χ3v) is 4.43. The molecule has 0 aromatic carbocycles. The van der Waals surface area contributed by atoms with E-state index in [9.17, 15) is 9.59 Å². The van der Waals surface area contributed by atoms with E-state index in [-0.39, 0.29) is 23.8 Å². The first kappa shape index (κ1) is 18.9. The highest BCUT2D eigenvalue weighted by Gasteiger charge is 2.24. The summed E-state index contributed by atoms with van der Waals surface area (Å²) >= 11 is 0. The third-order valence-electron chi connectivity index (χ3n) is 4.43. The van der Waals surface area contributed by atoms with Gasteiger partial charge in [-0.1, -0.05) is 33.6 Å². The highest BCUT2D eigenvalue weighted by atomic mass is 16.2. The largest absolute Gasteiger partial charge is 0.292 e. The van der Waals surface area contributed by atoms with Gasteiger partial charge in [-0.25, -0.2) is 0 Å². The highest BCUT2D eigenvalue weighted by Crippen LogP contribution is 2.22. The molecule has 2 amide bonds. The molecule has 0 spiro atoms. The van der Waals surface area contributed by atoms with Crippen LogP contribution in [0.15, 0.2) is 0 Å². The van der Waals surface area contributed by atoms with Gasteiger partial charge in [-0.05, 0) is 51.1 Å². The monoisotopic (exact) mass is 311 g/mol. The molecular formula is C17H33N3O2. The minimum absolute atomic E-state index is 0.119. The molecule has 5 nitrogen and oxygen atoms in total. The SMILES string of the molecule is CCCC1CCCN(C(C)C(=O)NNC(=O)CC(C)C)CC1. The Kier molecular flexibility index (Phi) is 8.46. The first-order valence-corrected chi connectivity index (χ1v) is 8.76. The Morgan fingerprint density at radius 3 is 2.50 bits per heavy atom. The van der Waals surface area contributed by atoms with Crippen molar-refractivity contribution in [1.29, 1.82) is 0 Å². The first-order chi connectivity index (χ1) is 10.4. The summed E-state index contributed by atoms with van der Waals surface area (Å²) in [6.45, 7) is 10.1. The molecule has 2 unspecified atom stereocenters. The highest BCUT2D eigenvalue weighted by molar-refractivity contribution is 5.85. The molecule has 2 N–H and O–H groups in total. The van der Waals surface area contributed by atoms with Crippen LogP contribution < -0.4 is 10.9 Å². The molecule has 5 heteroatoms. The maximum absolute atomic E-state index is 12.2. The lowest BCUT2D eigenvalue weighted by atomic mass is 9.96. The summed E-state index contributed by atoms with van der Waals surface area (Å²) in [5.74, 6) is 0.840. The number of hydrogen-bond donors (Lipinski definition) is 2. The van der Waals surface area contributed by atoms with Crippen molar-refractivity contribution in [2.24, 2.45) is 11.8 Å². The average Bonchev–Trinajstić information content (AvgIpc) is 2.69. The lowest BCUT2D eigenvalue weighted by Gasteiger charge is -2.26. The fraction of sp³-hybridized carbons (Fsp3) is 0.882. The third kappa shape index (κ3) is 6.77. The number of rotatable bonds is 6. The summed E-state index contributed by atoms with van der Waals surface area (Å²) in [7, 11) is 0. The molecule has 22 heavy (non-hydrogen) atoms. The van der Waals surface area contributed by atoms with Gasteiger partial charge in [0, 0.05) is 6.42 Å². The van der Waals surface area contributed by atoms with E-state index < -0.39 is 0 Å². The van der Waals surface area contributed by atoms with Crippen molar-refractivity contribution in [2.45, 2.75) is 72.3 Å². The lowest BCUT2D eigenvalue weighted by Crippen LogP contribution is -2.51.